The monoisotopic (exact) mass is 429 g/mol. The highest BCUT2D eigenvalue weighted by Gasteiger charge is 2.15. The number of aryl methyl sites for hydroxylation is 2. The molecule has 0 unspecified atom stereocenters. The van der Waals surface area contributed by atoms with Crippen molar-refractivity contribution >= 4 is 33.0 Å². The number of anilines is 1. The van der Waals surface area contributed by atoms with E-state index < -0.39 is 10.0 Å². The molecule has 3 aromatic rings. The van der Waals surface area contributed by atoms with Crippen LogP contribution >= 0.6 is 11.3 Å². The summed E-state index contributed by atoms with van der Waals surface area (Å²) in [5, 5.41) is 3.82. The highest BCUT2D eigenvalue weighted by Crippen LogP contribution is 2.28. The van der Waals surface area contributed by atoms with Gasteiger partial charge in [-0.1, -0.05) is 42.0 Å². The standard InChI is InChI=1S/C21H23N3O3S2/c1-14-7-9-17(10-8-14)21-19(28-15(2)23-21)12-20(25)22-13-16-5-4-6-18(11-16)24-29(3,26)27/h4-11,24H,12-13H2,1-3H3,(H,22,25). The number of sulfonamides is 1. The lowest BCUT2D eigenvalue weighted by Crippen LogP contribution is -2.24. The van der Waals surface area contributed by atoms with Crippen molar-refractivity contribution < 1.29 is 13.2 Å². The number of aromatic nitrogens is 1. The van der Waals surface area contributed by atoms with Gasteiger partial charge in [0.25, 0.3) is 0 Å². The van der Waals surface area contributed by atoms with Crippen molar-refractivity contribution in [1.82, 2.24) is 10.3 Å². The van der Waals surface area contributed by atoms with Gasteiger partial charge in [-0.2, -0.15) is 0 Å². The first kappa shape index (κ1) is 21.0. The molecular formula is C21H23N3O3S2. The fourth-order valence-corrected chi connectivity index (χ4v) is 4.41. The Morgan fingerprint density at radius 2 is 1.83 bits per heavy atom. The van der Waals surface area contributed by atoms with Gasteiger partial charge in [-0.15, -0.1) is 11.3 Å². The molecule has 0 aliphatic carbocycles. The van der Waals surface area contributed by atoms with E-state index >= 15 is 0 Å². The first-order chi connectivity index (χ1) is 13.7. The summed E-state index contributed by atoms with van der Waals surface area (Å²) in [6, 6.07) is 15.1. The second kappa shape index (κ2) is 8.75. The lowest BCUT2D eigenvalue weighted by molar-refractivity contribution is -0.120. The molecule has 0 radical (unpaired) electrons. The Bertz CT molecular complexity index is 1120. The lowest BCUT2D eigenvalue weighted by atomic mass is 10.1. The first-order valence-corrected chi connectivity index (χ1v) is 11.8. The Morgan fingerprint density at radius 1 is 1.10 bits per heavy atom. The number of amides is 1. The molecule has 0 aliphatic heterocycles. The predicted octanol–water partition coefficient (Wildman–Crippen LogP) is 3.66. The van der Waals surface area contributed by atoms with Gasteiger partial charge < -0.3 is 5.32 Å². The molecule has 6 nitrogen and oxygen atoms in total. The van der Waals surface area contributed by atoms with Gasteiger partial charge in [-0.3, -0.25) is 9.52 Å². The van der Waals surface area contributed by atoms with Gasteiger partial charge in [0.2, 0.25) is 15.9 Å². The van der Waals surface area contributed by atoms with Crippen LogP contribution in [0, 0.1) is 13.8 Å². The Balaban J connectivity index is 1.66. The Labute approximate surface area is 175 Å². The quantitative estimate of drug-likeness (QED) is 0.600. The van der Waals surface area contributed by atoms with Crippen LogP contribution in [0.2, 0.25) is 0 Å². The molecule has 29 heavy (non-hydrogen) atoms. The molecule has 1 aromatic heterocycles. The number of carbonyl (C=O) groups excluding carboxylic acids is 1. The van der Waals surface area contributed by atoms with Crippen LogP contribution in [0.3, 0.4) is 0 Å². The fraction of sp³-hybridized carbons (Fsp3) is 0.238. The number of hydrogen-bond acceptors (Lipinski definition) is 5. The zero-order valence-electron chi connectivity index (χ0n) is 16.5. The maximum Gasteiger partial charge on any atom is 0.229 e. The van der Waals surface area contributed by atoms with Crippen LogP contribution in [0.5, 0.6) is 0 Å². The molecule has 152 valence electrons. The van der Waals surface area contributed by atoms with Crippen LogP contribution in [0.4, 0.5) is 5.69 Å². The van der Waals surface area contributed by atoms with E-state index in [0.29, 0.717) is 12.2 Å². The van der Waals surface area contributed by atoms with Crippen molar-refractivity contribution in [3.63, 3.8) is 0 Å². The van der Waals surface area contributed by atoms with Gasteiger partial charge in [0.15, 0.2) is 0 Å². The number of rotatable bonds is 7. The van der Waals surface area contributed by atoms with Crippen LogP contribution in [-0.4, -0.2) is 25.6 Å². The largest absolute Gasteiger partial charge is 0.352 e. The molecule has 0 saturated heterocycles. The number of nitrogens with zero attached hydrogens (tertiary/aromatic N) is 1. The summed E-state index contributed by atoms with van der Waals surface area (Å²) in [6.45, 7) is 4.28. The number of nitrogens with one attached hydrogen (secondary N) is 2. The maximum atomic E-state index is 12.5. The predicted molar refractivity (Wildman–Crippen MR) is 117 cm³/mol. The second-order valence-electron chi connectivity index (χ2n) is 6.90. The average molecular weight is 430 g/mol. The third-order valence-electron chi connectivity index (χ3n) is 4.17. The topological polar surface area (TPSA) is 88.2 Å². The molecule has 0 spiro atoms. The van der Waals surface area contributed by atoms with Crippen LogP contribution in [0.1, 0.15) is 21.0 Å². The number of thiazole rings is 1. The van der Waals surface area contributed by atoms with Crippen molar-refractivity contribution in [2.45, 2.75) is 26.8 Å². The molecule has 1 heterocycles. The minimum atomic E-state index is -3.34. The summed E-state index contributed by atoms with van der Waals surface area (Å²) in [5.41, 5.74) is 4.31. The Morgan fingerprint density at radius 3 is 2.52 bits per heavy atom. The van der Waals surface area contributed by atoms with Crippen LogP contribution in [0.15, 0.2) is 48.5 Å². The Hall–Kier alpha value is -2.71. The summed E-state index contributed by atoms with van der Waals surface area (Å²) in [5.74, 6) is -0.108. The number of benzene rings is 2. The zero-order chi connectivity index (χ0) is 21.0. The second-order valence-corrected chi connectivity index (χ2v) is 9.94. The van der Waals surface area contributed by atoms with Crippen molar-refractivity contribution in [3.05, 3.63) is 69.5 Å². The van der Waals surface area contributed by atoms with E-state index in [1.807, 2.05) is 44.2 Å². The van der Waals surface area contributed by atoms with Gasteiger partial charge in [0, 0.05) is 22.7 Å². The van der Waals surface area contributed by atoms with Gasteiger partial charge in [0.1, 0.15) is 0 Å². The van der Waals surface area contributed by atoms with Crippen molar-refractivity contribution in [2.24, 2.45) is 0 Å². The molecule has 0 bridgehead atoms. The minimum absolute atomic E-state index is 0.108. The van der Waals surface area contributed by atoms with E-state index in [9.17, 15) is 13.2 Å². The third kappa shape index (κ3) is 6.13. The van der Waals surface area contributed by atoms with Gasteiger partial charge >= 0.3 is 0 Å². The molecule has 0 atom stereocenters. The van der Waals surface area contributed by atoms with E-state index in [4.69, 9.17) is 0 Å². The van der Waals surface area contributed by atoms with Crippen LogP contribution in [0.25, 0.3) is 11.3 Å². The fourth-order valence-electron chi connectivity index (χ4n) is 2.89. The minimum Gasteiger partial charge on any atom is -0.352 e. The molecule has 2 N–H and O–H groups in total. The van der Waals surface area contributed by atoms with E-state index in [1.54, 1.807) is 18.2 Å². The molecule has 0 fully saturated rings. The summed E-state index contributed by atoms with van der Waals surface area (Å²) < 4.78 is 25.2. The van der Waals surface area contributed by atoms with Gasteiger partial charge in [0.05, 0.1) is 23.4 Å². The number of hydrogen-bond donors (Lipinski definition) is 2. The van der Waals surface area contributed by atoms with Crippen molar-refractivity contribution in [2.75, 3.05) is 11.0 Å². The van der Waals surface area contributed by atoms with E-state index in [-0.39, 0.29) is 12.3 Å². The maximum absolute atomic E-state index is 12.5. The number of carbonyl (C=O) groups is 1. The summed E-state index contributed by atoms with van der Waals surface area (Å²) in [6.07, 6.45) is 1.35. The highest BCUT2D eigenvalue weighted by molar-refractivity contribution is 7.92. The summed E-state index contributed by atoms with van der Waals surface area (Å²) in [7, 11) is -3.34. The van der Waals surface area contributed by atoms with Crippen molar-refractivity contribution in [1.29, 1.82) is 0 Å². The first-order valence-electron chi connectivity index (χ1n) is 9.06. The molecule has 1 amide bonds. The van der Waals surface area contributed by atoms with E-state index in [2.05, 4.69) is 15.0 Å². The molecule has 0 saturated carbocycles. The summed E-state index contributed by atoms with van der Waals surface area (Å²) in [4.78, 5) is 18.0. The molecule has 2 aromatic carbocycles. The SMILES string of the molecule is Cc1ccc(-c2nc(C)sc2CC(=O)NCc2cccc(NS(C)(=O)=O)c2)cc1. The van der Waals surface area contributed by atoms with Crippen LogP contribution < -0.4 is 10.0 Å². The Kier molecular flexibility index (Phi) is 6.34. The molecular weight excluding hydrogens is 406 g/mol. The average Bonchev–Trinajstić information content (AvgIpc) is 2.99. The van der Waals surface area contributed by atoms with Crippen LogP contribution in [-0.2, 0) is 27.8 Å². The van der Waals surface area contributed by atoms with Gasteiger partial charge in [-0.25, -0.2) is 13.4 Å². The zero-order valence-corrected chi connectivity index (χ0v) is 18.2. The highest BCUT2D eigenvalue weighted by atomic mass is 32.2. The molecule has 3 rings (SSSR count). The summed E-state index contributed by atoms with van der Waals surface area (Å²) >= 11 is 1.52. The molecule has 0 aliphatic rings. The lowest BCUT2D eigenvalue weighted by Gasteiger charge is -2.08. The van der Waals surface area contributed by atoms with E-state index in [0.717, 1.165) is 33.0 Å². The normalized spacial score (nSPS) is 11.3. The smallest absolute Gasteiger partial charge is 0.229 e. The third-order valence-corrected chi connectivity index (χ3v) is 5.75. The van der Waals surface area contributed by atoms with Gasteiger partial charge in [-0.05, 0) is 31.5 Å². The van der Waals surface area contributed by atoms with E-state index in [1.165, 1.54) is 16.9 Å². The molecule has 8 heteroatoms. The van der Waals surface area contributed by atoms with Crippen molar-refractivity contribution in [3.8, 4) is 11.3 Å².